The Kier molecular flexibility index (Phi) is 5.76. The molecule has 0 aliphatic carbocycles. The van der Waals surface area contributed by atoms with E-state index in [1.54, 1.807) is 18.2 Å². The Labute approximate surface area is 130 Å². The molecule has 0 aliphatic rings. The standard InChI is InChI=1S/C19H18N2O/c1-2-17(11-9-10-16-20-22)21(18-12-5-3-6-13-18)19-14-7-4-8-15-19/h2-16,22H,1H2. The molecule has 0 heterocycles. The van der Waals surface area contributed by atoms with Crippen molar-refractivity contribution in [2.45, 2.75) is 0 Å². The molecular weight excluding hydrogens is 272 g/mol. The van der Waals surface area contributed by atoms with Gasteiger partial charge >= 0.3 is 0 Å². The molecule has 0 saturated carbocycles. The molecule has 0 amide bonds. The molecule has 0 spiro atoms. The zero-order valence-corrected chi connectivity index (χ0v) is 12.2. The fourth-order valence-corrected chi connectivity index (χ4v) is 2.08. The van der Waals surface area contributed by atoms with E-state index in [1.807, 2.05) is 66.7 Å². The molecule has 110 valence electrons. The third kappa shape index (κ3) is 3.96. The van der Waals surface area contributed by atoms with Crippen LogP contribution in [-0.2, 0) is 0 Å². The van der Waals surface area contributed by atoms with Crippen LogP contribution in [0.4, 0.5) is 11.4 Å². The third-order valence-electron chi connectivity index (χ3n) is 3.03. The number of nitrogens with zero attached hydrogens (tertiary/aromatic N) is 2. The molecule has 0 aliphatic heterocycles. The minimum absolute atomic E-state index is 0.917. The molecule has 0 radical (unpaired) electrons. The van der Waals surface area contributed by atoms with E-state index in [1.165, 1.54) is 6.21 Å². The highest BCUT2D eigenvalue weighted by Crippen LogP contribution is 2.29. The van der Waals surface area contributed by atoms with Gasteiger partial charge in [-0.25, -0.2) is 0 Å². The highest BCUT2D eigenvalue weighted by molar-refractivity contribution is 5.72. The molecule has 0 fully saturated rings. The van der Waals surface area contributed by atoms with Gasteiger partial charge < -0.3 is 10.1 Å². The highest BCUT2D eigenvalue weighted by Gasteiger charge is 2.11. The van der Waals surface area contributed by atoms with E-state index in [4.69, 9.17) is 5.21 Å². The number of hydrogen-bond acceptors (Lipinski definition) is 3. The van der Waals surface area contributed by atoms with Crippen molar-refractivity contribution < 1.29 is 5.21 Å². The summed E-state index contributed by atoms with van der Waals surface area (Å²) in [5.74, 6) is 0. The number of benzene rings is 2. The van der Waals surface area contributed by atoms with Gasteiger partial charge in [0.25, 0.3) is 0 Å². The normalized spacial score (nSPS) is 11.9. The molecule has 1 N–H and O–H groups in total. The summed E-state index contributed by atoms with van der Waals surface area (Å²) in [5.41, 5.74) is 3.01. The number of hydrogen-bond donors (Lipinski definition) is 1. The first-order valence-corrected chi connectivity index (χ1v) is 6.94. The van der Waals surface area contributed by atoms with Gasteiger partial charge in [-0.1, -0.05) is 54.2 Å². The van der Waals surface area contributed by atoms with E-state index in [2.05, 4.69) is 16.6 Å². The molecule has 2 rings (SSSR count). The van der Waals surface area contributed by atoms with Crippen LogP contribution in [0.1, 0.15) is 0 Å². The van der Waals surface area contributed by atoms with Crippen LogP contribution in [0.15, 0.2) is 102 Å². The van der Waals surface area contributed by atoms with Crippen molar-refractivity contribution in [1.29, 1.82) is 0 Å². The zero-order valence-electron chi connectivity index (χ0n) is 12.2. The van der Waals surface area contributed by atoms with E-state index < -0.39 is 0 Å². The molecule has 0 unspecified atom stereocenters. The summed E-state index contributed by atoms with van der Waals surface area (Å²) in [6.07, 6.45) is 8.47. The first kappa shape index (κ1) is 15.3. The maximum absolute atomic E-state index is 8.42. The highest BCUT2D eigenvalue weighted by atomic mass is 16.4. The molecule has 2 aromatic rings. The SMILES string of the molecule is C=CC(=CC=CC=NO)N(c1ccccc1)c1ccccc1. The van der Waals surface area contributed by atoms with Crippen LogP contribution in [0, 0.1) is 0 Å². The van der Waals surface area contributed by atoms with Crippen LogP contribution in [0.5, 0.6) is 0 Å². The Hall–Kier alpha value is -3.07. The summed E-state index contributed by atoms with van der Waals surface area (Å²) >= 11 is 0. The number of anilines is 2. The van der Waals surface area contributed by atoms with Gasteiger partial charge in [-0.05, 0) is 42.5 Å². The van der Waals surface area contributed by atoms with Gasteiger partial charge in [0.05, 0.1) is 6.21 Å². The molecular formula is C19H18N2O. The summed E-state index contributed by atoms with van der Waals surface area (Å²) in [4.78, 5) is 2.10. The molecule has 0 saturated heterocycles. The van der Waals surface area contributed by atoms with E-state index in [0.717, 1.165) is 17.1 Å². The van der Waals surface area contributed by atoms with Crippen molar-refractivity contribution in [3.63, 3.8) is 0 Å². The Morgan fingerprint density at radius 2 is 1.45 bits per heavy atom. The molecule has 0 atom stereocenters. The smallest absolute Gasteiger partial charge is 0.0661 e. The molecule has 0 bridgehead atoms. The van der Waals surface area contributed by atoms with Gasteiger partial charge in [-0.3, -0.25) is 0 Å². The summed E-state index contributed by atoms with van der Waals surface area (Å²) in [7, 11) is 0. The van der Waals surface area contributed by atoms with Crippen molar-refractivity contribution in [2.75, 3.05) is 4.90 Å². The van der Waals surface area contributed by atoms with Gasteiger partial charge in [-0.2, -0.15) is 0 Å². The van der Waals surface area contributed by atoms with Crippen molar-refractivity contribution >= 4 is 17.6 Å². The Balaban J connectivity index is 2.46. The summed E-state index contributed by atoms with van der Waals surface area (Å²) in [6, 6.07) is 20.2. The van der Waals surface area contributed by atoms with Crippen LogP contribution in [0.2, 0.25) is 0 Å². The number of allylic oxidation sites excluding steroid dienone is 4. The monoisotopic (exact) mass is 290 g/mol. The lowest BCUT2D eigenvalue weighted by atomic mass is 10.2. The first-order chi connectivity index (χ1) is 10.9. The molecule has 2 aromatic carbocycles. The van der Waals surface area contributed by atoms with E-state index in [9.17, 15) is 0 Å². The zero-order chi connectivity index (χ0) is 15.6. The quantitative estimate of drug-likeness (QED) is 0.355. The average Bonchev–Trinajstić information content (AvgIpc) is 2.59. The summed E-state index contributed by atoms with van der Waals surface area (Å²) in [5, 5.41) is 11.4. The molecule has 3 nitrogen and oxygen atoms in total. The second kappa shape index (κ2) is 8.27. The van der Waals surface area contributed by atoms with Crippen LogP contribution < -0.4 is 4.90 Å². The van der Waals surface area contributed by atoms with Crippen molar-refractivity contribution in [3.05, 3.63) is 97.2 Å². The maximum Gasteiger partial charge on any atom is 0.0661 e. The Morgan fingerprint density at radius 3 is 1.91 bits per heavy atom. The topological polar surface area (TPSA) is 35.8 Å². The molecule has 3 heteroatoms. The Morgan fingerprint density at radius 1 is 0.909 bits per heavy atom. The van der Waals surface area contributed by atoms with Gasteiger partial charge in [0, 0.05) is 17.1 Å². The lowest BCUT2D eigenvalue weighted by molar-refractivity contribution is 0.322. The minimum Gasteiger partial charge on any atom is -0.411 e. The number of para-hydroxylation sites is 2. The van der Waals surface area contributed by atoms with Crippen LogP contribution >= 0.6 is 0 Å². The fraction of sp³-hybridized carbons (Fsp3) is 0. The fourth-order valence-electron chi connectivity index (χ4n) is 2.08. The van der Waals surface area contributed by atoms with Crippen molar-refractivity contribution in [2.24, 2.45) is 5.16 Å². The van der Waals surface area contributed by atoms with Crippen LogP contribution in [-0.4, -0.2) is 11.4 Å². The van der Waals surface area contributed by atoms with Crippen molar-refractivity contribution in [3.8, 4) is 0 Å². The maximum atomic E-state index is 8.42. The van der Waals surface area contributed by atoms with E-state index in [-0.39, 0.29) is 0 Å². The van der Waals surface area contributed by atoms with Crippen LogP contribution in [0.25, 0.3) is 0 Å². The van der Waals surface area contributed by atoms with E-state index in [0.29, 0.717) is 0 Å². The number of rotatable bonds is 6. The first-order valence-electron chi connectivity index (χ1n) is 6.94. The summed E-state index contributed by atoms with van der Waals surface area (Å²) in [6.45, 7) is 3.90. The third-order valence-corrected chi connectivity index (χ3v) is 3.03. The van der Waals surface area contributed by atoms with Crippen LogP contribution in [0.3, 0.4) is 0 Å². The second-order valence-electron chi connectivity index (χ2n) is 4.45. The minimum atomic E-state index is 0.917. The van der Waals surface area contributed by atoms with Gasteiger partial charge in [0.2, 0.25) is 0 Å². The number of oxime groups is 1. The van der Waals surface area contributed by atoms with Crippen molar-refractivity contribution in [1.82, 2.24) is 0 Å². The van der Waals surface area contributed by atoms with E-state index >= 15 is 0 Å². The van der Waals surface area contributed by atoms with Gasteiger partial charge in [0.15, 0.2) is 0 Å². The largest absolute Gasteiger partial charge is 0.411 e. The lowest BCUT2D eigenvalue weighted by Crippen LogP contribution is -2.14. The predicted octanol–water partition coefficient (Wildman–Crippen LogP) is 4.91. The second-order valence-corrected chi connectivity index (χ2v) is 4.45. The molecule has 0 aromatic heterocycles. The summed E-state index contributed by atoms with van der Waals surface area (Å²) < 4.78 is 0. The lowest BCUT2D eigenvalue weighted by Gasteiger charge is -2.26. The average molecular weight is 290 g/mol. The predicted molar refractivity (Wildman–Crippen MR) is 92.7 cm³/mol. The van der Waals surface area contributed by atoms with Gasteiger partial charge in [-0.15, -0.1) is 0 Å². The van der Waals surface area contributed by atoms with Gasteiger partial charge in [0.1, 0.15) is 0 Å². The Bertz CT molecular complexity index is 634. The molecule has 22 heavy (non-hydrogen) atoms.